The van der Waals surface area contributed by atoms with Crippen LogP contribution in [0.1, 0.15) is 24.1 Å². The van der Waals surface area contributed by atoms with Gasteiger partial charge in [-0.1, -0.05) is 46.6 Å². The van der Waals surface area contributed by atoms with E-state index in [1.54, 1.807) is 18.2 Å². The lowest BCUT2D eigenvalue weighted by Gasteiger charge is -2.20. The molecule has 0 aliphatic rings. The van der Waals surface area contributed by atoms with Gasteiger partial charge >= 0.3 is 0 Å². The van der Waals surface area contributed by atoms with E-state index in [1.165, 1.54) is 18.2 Å². The topological polar surface area (TPSA) is 12.0 Å². The number of halogens is 4. The van der Waals surface area contributed by atoms with Crippen molar-refractivity contribution in [3.8, 4) is 0 Å². The molecule has 0 radical (unpaired) electrons. The molecule has 0 aromatic heterocycles. The maximum absolute atomic E-state index is 13.2. The second kappa shape index (κ2) is 7.34. The van der Waals surface area contributed by atoms with Gasteiger partial charge in [0.1, 0.15) is 11.6 Å². The van der Waals surface area contributed by atoms with Gasteiger partial charge in [-0.25, -0.2) is 8.78 Å². The quantitative estimate of drug-likeness (QED) is 0.751. The van der Waals surface area contributed by atoms with Crippen LogP contribution in [0.2, 0.25) is 5.02 Å². The van der Waals surface area contributed by atoms with Gasteiger partial charge in [0.25, 0.3) is 0 Å². The molecule has 0 aliphatic heterocycles. The molecule has 1 N–H and O–H groups in total. The largest absolute Gasteiger partial charge is 0.310 e. The molecular weight excluding hydrogens is 360 g/mol. The van der Waals surface area contributed by atoms with E-state index < -0.39 is 5.82 Å². The standard InChI is InChI=1S/C16H15BrClF2N/c1-2-21-16(12-5-4-11(19)9-13(12)17)8-10-3-6-15(20)14(18)7-10/h3-7,9,16,21H,2,8H2,1H3. The number of hydrogen-bond acceptors (Lipinski definition) is 1. The molecule has 21 heavy (non-hydrogen) atoms. The van der Waals surface area contributed by atoms with Crippen molar-refractivity contribution in [2.24, 2.45) is 0 Å². The highest BCUT2D eigenvalue weighted by molar-refractivity contribution is 9.10. The fourth-order valence-electron chi connectivity index (χ4n) is 2.22. The zero-order chi connectivity index (χ0) is 15.4. The van der Waals surface area contributed by atoms with Crippen molar-refractivity contribution < 1.29 is 8.78 Å². The predicted molar refractivity (Wildman–Crippen MR) is 85.6 cm³/mol. The molecule has 1 atom stereocenters. The summed E-state index contributed by atoms with van der Waals surface area (Å²) in [5.41, 5.74) is 1.88. The van der Waals surface area contributed by atoms with E-state index in [0.717, 1.165) is 17.7 Å². The van der Waals surface area contributed by atoms with E-state index in [9.17, 15) is 8.78 Å². The monoisotopic (exact) mass is 373 g/mol. The molecule has 1 unspecified atom stereocenters. The Morgan fingerprint density at radius 1 is 1.19 bits per heavy atom. The van der Waals surface area contributed by atoms with Gasteiger partial charge in [0.05, 0.1) is 5.02 Å². The summed E-state index contributed by atoms with van der Waals surface area (Å²) in [6, 6.07) is 9.31. The molecule has 5 heteroatoms. The first-order valence-electron chi connectivity index (χ1n) is 6.63. The van der Waals surface area contributed by atoms with Gasteiger partial charge in [0, 0.05) is 10.5 Å². The first-order valence-corrected chi connectivity index (χ1v) is 7.80. The van der Waals surface area contributed by atoms with E-state index >= 15 is 0 Å². The van der Waals surface area contributed by atoms with Crippen molar-refractivity contribution in [1.29, 1.82) is 0 Å². The van der Waals surface area contributed by atoms with Crippen LogP contribution in [0.5, 0.6) is 0 Å². The number of benzene rings is 2. The average Bonchev–Trinajstić information content (AvgIpc) is 2.42. The lowest BCUT2D eigenvalue weighted by Crippen LogP contribution is -2.23. The third-order valence-electron chi connectivity index (χ3n) is 3.21. The molecule has 2 aromatic carbocycles. The zero-order valence-corrected chi connectivity index (χ0v) is 13.8. The molecule has 0 bridgehead atoms. The van der Waals surface area contributed by atoms with Crippen LogP contribution in [0.4, 0.5) is 8.78 Å². The van der Waals surface area contributed by atoms with Crippen molar-refractivity contribution >= 4 is 27.5 Å². The first kappa shape index (κ1) is 16.4. The zero-order valence-electron chi connectivity index (χ0n) is 11.5. The van der Waals surface area contributed by atoms with Crippen LogP contribution >= 0.6 is 27.5 Å². The van der Waals surface area contributed by atoms with E-state index in [0.29, 0.717) is 10.9 Å². The molecule has 0 aliphatic carbocycles. The van der Waals surface area contributed by atoms with Gasteiger partial charge in [0.15, 0.2) is 0 Å². The summed E-state index contributed by atoms with van der Waals surface area (Å²) in [7, 11) is 0. The summed E-state index contributed by atoms with van der Waals surface area (Å²) in [5, 5.41) is 3.46. The van der Waals surface area contributed by atoms with Crippen LogP contribution < -0.4 is 5.32 Å². The Morgan fingerprint density at radius 2 is 1.95 bits per heavy atom. The fraction of sp³-hybridized carbons (Fsp3) is 0.250. The van der Waals surface area contributed by atoms with Gasteiger partial charge in [-0.2, -0.15) is 0 Å². The normalized spacial score (nSPS) is 12.4. The highest BCUT2D eigenvalue weighted by Crippen LogP contribution is 2.28. The van der Waals surface area contributed by atoms with Crippen molar-refractivity contribution in [2.75, 3.05) is 6.54 Å². The molecule has 0 saturated carbocycles. The minimum atomic E-state index is -0.427. The van der Waals surface area contributed by atoms with E-state index in [4.69, 9.17) is 11.6 Å². The number of likely N-dealkylation sites (N-methyl/N-ethyl adjacent to an activating group) is 1. The van der Waals surface area contributed by atoms with Gasteiger partial charge < -0.3 is 5.32 Å². The fourth-order valence-corrected chi connectivity index (χ4v) is 3.06. The van der Waals surface area contributed by atoms with Gasteiger partial charge in [-0.15, -0.1) is 0 Å². The summed E-state index contributed by atoms with van der Waals surface area (Å²) in [5.74, 6) is -0.714. The summed E-state index contributed by atoms with van der Waals surface area (Å²) in [6.07, 6.45) is 0.637. The smallest absolute Gasteiger partial charge is 0.141 e. The minimum Gasteiger partial charge on any atom is -0.310 e. The van der Waals surface area contributed by atoms with E-state index in [1.807, 2.05) is 6.92 Å². The van der Waals surface area contributed by atoms with Crippen LogP contribution in [0.25, 0.3) is 0 Å². The molecule has 1 nitrogen and oxygen atoms in total. The molecular formula is C16H15BrClF2N. The molecule has 0 spiro atoms. The van der Waals surface area contributed by atoms with Crippen LogP contribution in [0, 0.1) is 11.6 Å². The third kappa shape index (κ3) is 4.25. The van der Waals surface area contributed by atoms with Crippen molar-refractivity contribution in [3.05, 3.63) is 68.7 Å². The highest BCUT2D eigenvalue weighted by Gasteiger charge is 2.15. The summed E-state index contributed by atoms with van der Waals surface area (Å²) >= 11 is 9.21. The van der Waals surface area contributed by atoms with Crippen molar-refractivity contribution in [2.45, 2.75) is 19.4 Å². The Hall–Kier alpha value is -0.970. The van der Waals surface area contributed by atoms with Crippen LogP contribution in [-0.4, -0.2) is 6.54 Å². The summed E-state index contributed by atoms with van der Waals surface area (Å²) < 4.78 is 27.1. The first-order chi connectivity index (χ1) is 10.0. The number of nitrogens with one attached hydrogen (secondary N) is 1. The Morgan fingerprint density at radius 3 is 2.57 bits per heavy atom. The molecule has 2 aromatic rings. The lowest BCUT2D eigenvalue weighted by atomic mass is 9.98. The predicted octanol–water partition coefficient (Wildman–Crippen LogP) is 5.27. The molecule has 0 saturated heterocycles. The number of hydrogen-bond donors (Lipinski definition) is 1. The molecule has 0 heterocycles. The van der Waals surface area contributed by atoms with Gasteiger partial charge in [0.2, 0.25) is 0 Å². The summed E-state index contributed by atoms with van der Waals surface area (Å²) in [4.78, 5) is 0. The molecule has 2 rings (SSSR count). The highest BCUT2D eigenvalue weighted by atomic mass is 79.9. The van der Waals surface area contributed by atoms with Crippen LogP contribution in [0.3, 0.4) is 0 Å². The molecule has 0 amide bonds. The second-order valence-corrected chi connectivity index (χ2v) is 5.99. The average molecular weight is 375 g/mol. The molecule has 0 fully saturated rings. The minimum absolute atomic E-state index is 0.00787. The van der Waals surface area contributed by atoms with Crippen LogP contribution in [0.15, 0.2) is 40.9 Å². The van der Waals surface area contributed by atoms with E-state index in [-0.39, 0.29) is 16.9 Å². The van der Waals surface area contributed by atoms with Gasteiger partial charge in [-0.05, 0) is 48.4 Å². The number of rotatable bonds is 5. The Bertz CT molecular complexity index is 634. The molecule has 112 valence electrons. The lowest BCUT2D eigenvalue weighted by molar-refractivity contribution is 0.544. The van der Waals surface area contributed by atoms with Gasteiger partial charge in [-0.3, -0.25) is 0 Å². The third-order valence-corrected chi connectivity index (χ3v) is 4.19. The SMILES string of the molecule is CCNC(Cc1ccc(F)c(Cl)c1)c1ccc(F)cc1Br. The Labute approximate surface area is 136 Å². The van der Waals surface area contributed by atoms with Crippen LogP contribution in [-0.2, 0) is 6.42 Å². The second-order valence-electron chi connectivity index (χ2n) is 4.73. The van der Waals surface area contributed by atoms with Crippen molar-refractivity contribution in [3.63, 3.8) is 0 Å². The maximum Gasteiger partial charge on any atom is 0.141 e. The van der Waals surface area contributed by atoms with E-state index in [2.05, 4.69) is 21.2 Å². The maximum atomic E-state index is 13.2. The summed E-state index contributed by atoms with van der Waals surface area (Å²) in [6.45, 7) is 2.77. The van der Waals surface area contributed by atoms with Crippen molar-refractivity contribution in [1.82, 2.24) is 5.32 Å². The Balaban J connectivity index is 2.28. The Kier molecular flexibility index (Phi) is 5.73.